The van der Waals surface area contributed by atoms with Crippen molar-refractivity contribution in [2.75, 3.05) is 0 Å². The van der Waals surface area contributed by atoms with Gasteiger partial charge in [0.25, 0.3) is 0 Å². The van der Waals surface area contributed by atoms with Crippen molar-refractivity contribution < 1.29 is 39.6 Å². The summed E-state index contributed by atoms with van der Waals surface area (Å²) in [6.45, 7) is 15.8. The number of rotatable bonds is 20. The van der Waals surface area contributed by atoms with Crippen LogP contribution in [0, 0.1) is 23.7 Å². The minimum atomic E-state index is -0.893. The average Bonchev–Trinajstić information content (AvgIpc) is 2.91. The molecule has 0 aliphatic carbocycles. The fraction of sp³-hybridized carbons (Fsp3) is 0.875. The van der Waals surface area contributed by atoms with E-state index in [-0.39, 0.29) is 51.0 Å². The van der Waals surface area contributed by atoms with Crippen LogP contribution in [0.5, 0.6) is 0 Å². The van der Waals surface area contributed by atoms with Gasteiger partial charge in [0, 0.05) is 51.2 Å². The van der Waals surface area contributed by atoms with Crippen LogP contribution in [-0.2, 0) is 19.2 Å². The van der Waals surface area contributed by atoms with Gasteiger partial charge in [-0.05, 0) is 75.0 Å². The Bertz CT molecular complexity index is 509. The van der Waals surface area contributed by atoms with E-state index >= 15 is 0 Å². The van der Waals surface area contributed by atoms with Gasteiger partial charge in [0.2, 0.25) is 0 Å². The summed E-state index contributed by atoms with van der Waals surface area (Å²) in [5.41, 5.74) is 0. The van der Waals surface area contributed by atoms with Crippen LogP contribution in [0.4, 0.5) is 0 Å². The van der Waals surface area contributed by atoms with Gasteiger partial charge in [0.1, 0.15) is 0 Å². The second kappa shape index (κ2) is 36.8. The average molecular weight is 780 g/mol. The second-order valence-electron chi connectivity index (χ2n) is 10.3. The van der Waals surface area contributed by atoms with E-state index in [1.54, 1.807) is 0 Å². The summed E-state index contributed by atoms with van der Waals surface area (Å²) in [6.07, 6.45) is 14.1. The standard InChI is InChI=1S/4C8H16O2.Pb/c4*1-3-5-6-7(4-2)8(9)10;/h4*7H,3-6H2,1-2H3,(H,9,10);/p-4. The Morgan fingerprint density at radius 3 is 0.610 bits per heavy atom. The molecule has 0 aromatic heterocycles. The molecule has 0 aromatic rings. The van der Waals surface area contributed by atoms with E-state index in [4.69, 9.17) is 0 Å². The van der Waals surface area contributed by atoms with Crippen LogP contribution < -0.4 is 20.4 Å². The maximum absolute atomic E-state index is 10.3. The van der Waals surface area contributed by atoms with Gasteiger partial charge in [0.15, 0.2) is 0 Å². The second-order valence-corrected chi connectivity index (χ2v) is 10.3. The molecular weight excluding hydrogens is 720 g/mol. The van der Waals surface area contributed by atoms with Crippen LogP contribution in [0.2, 0.25) is 0 Å². The van der Waals surface area contributed by atoms with Crippen LogP contribution in [-0.4, -0.2) is 51.2 Å². The summed E-state index contributed by atoms with van der Waals surface area (Å²) >= 11 is 0. The molecule has 0 aliphatic rings. The maximum Gasteiger partial charge on any atom is 0.0445 e. The quantitative estimate of drug-likeness (QED) is 0.170. The smallest absolute Gasteiger partial charge is 0.0445 e. The summed E-state index contributed by atoms with van der Waals surface area (Å²) in [5, 5.41) is 41.3. The van der Waals surface area contributed by atoms with Gasteiger partial charge < -0.3 is 39.6 Å². The fourth-order valence-electron chi connectivity index (χ4n) is 3.76. The van der Waals surface area contributed by atoms with Crippen LogP contribution in [0.15, 0.2) is 0 Å². The molecule has 0 amide bonds. The fourth-order valence-corrected chi connectivity index (χ4v) is 3.76. The predicted octanol–water partition coefficient (Wildman–Crippen LogP) is 3.43. The van der Waals surface area contributed by atoms with E-state index in [1.165, 1.54) is 0 Å². The van der Waals surface area contributed by atoms with Gasteiger partial charge in [-0.1, -0.05) is 107 Å². The monoisotopic (exact) mass is 780 g/mol. The molecule has 0 heterocycles. The summed E-state index contributed by atoms with van der Waals surface area (Å²) < 4.78 is 0. The number of hydrogen-bond donors (Lipinski definition) is 0. The van der Waals surface area contributed by atoms with Crippen molar-refractivity contribution in [1.29, 1.82) is 0 Å². The van der Waals surface area contributed by atoms with E-state index in [0.29, 0.717) is 25.7 Å². The molecular formula is C32H60O8Pb-4. The van der Waals surface area contributed by atoms with Gasteiger partial charge in [-0.2, -0.15) is 0 Å². The zero-order chi connectivity index (χ0) is 31.9. The van der Waals surface area contributed by atoms with Crippen LogP contribution in [0.25, 0.3) is 0 Å². The molecule has 0 saturated heterocycles. The number of carbonyl (C=O) groups excluding carboxylic acids is 4. The zero-order valence-electron chi connectivity index (χ0n) is 27.4. The van der Waals surface area contributed by atoms with Crippen LogP contribution in [0.3, 0.4) is 0 Å². The van der Waals surface area contributed by atoms with Crippen LogP contribution >= 0.6 is 0 Å². The topological polar surface area (TPSA) is 161 Å². The molecule has 0 fully saturated rings. The van der Waals surface area contributed by atoms with Crippen molar-refractivity contribution in [3.05, 3.63) is 0 Å². The summed E-state index contributed by atoms with van der Waals surface area (Å²) in [4.78, 5) is 41.3. The molecule has 9 heteroatoms. The zero-order valence-corrected chi connectivity index (χ0v) is 31.3. The Balaban J connectivity index is -0.000000139. The first-order valence-corrected chi connectivity index (χ1v) is 15.7. The number of carbonyl (C=O) groups is 4. The predicted molar refractivity (Wildman–Crippen MR) is 159 cm³/mol. The van der Waals surface area contributed by atoms with Gasteiger partial charge in [-0.15, -0.1) is 0 Å². The van der Waals surface area contributed by atoms with Crippen LogP contribution in [0.1, 0.15) is 158 Å². The molecule has 0 spiro atoms. The number of carboxylic acid groups (broad SMARTS) is 4. The van der Waals surface area contributed by atoms with Gasteiger partial charge in [-0.25, -0.2) is 0 Å². The van der Waals surface area contributed by atoms with Crippen molar-refractivity contribution in [3.8, 4) is 0 Å². The molecule has 4 atom stereocenters. The van der Waals surface area contributed by atoms with E-state index in [0.717, 1.165) is 77.0 Å². The van der Waals surface area contributed by atoms with Gasteiger partial charge in [0.05, 0.1) is 0 Å². The van der Waals surface area contributed by atoms with Crippen molar-refractivity contribution in [3.63, 3.8) is 0 Å². The first-order chi connectivity index (χ1) is 18.9. The Kier molecular flexibility index (Phi) is 44.4. The van der Waals surface area contributed by atoms with E-state index in [9.17, 15) is 39.6 Å². The van der Waals surface area contributed by atoms with Crippen molar-refractivity contribution in [1.82, 2.24) is 0 Å². The molecule has 4 unspecified atom stereocenters. The Labute approximate surface area is 271 Å². The number of carboxylic acids is 4. The summed E-state index contributed by atoms with van der Waals surface area (Å²) in [6, 6.07) is 0. The van der Waals surface area contributed by atoms with Gasteiger partial charge >= 0.3 is 0 Å². The maximum atomic E-state index is 10.3. The van der Waals surface area contributed by atoms with Crippen molar-refractivity contribution in [2.45, 2.75) is 158 Å². The molecule has 8 nitrogen and oxygen atoms in total. The van der Waals surface area contributed by atoms with Crippen molar-refractivity contribution in [2.24, 2.45) is 23.7 Å². The molecule has 41 heavy (non-hydrogen) atoms. The van der Waals surface area contributed by atoms with E-state index in [2.05, 4.69) is 27.7 Å². The summed E-state index contributed by atoms with van der Waals surface area (Å²) in [7, 11) is 0. The normalized spacial score (nSPS) is 12.7. The van der Waals surface area contributed by atoms with Crippen molar-refractivity contribution >= 4 is 51.2 Å². The summed E-state index contributed by atoms with van der Waals surface area (Å²) in [5.74, 6) is -4.46. The Morgan fingerprint density at radius 1 is 0.390 bits per heavy atom. The SMILES string of the molecule is CCCCC(CC)C(=O)[O-].CCCCC(CC)C(=O)[O-].CCCCC(CC)C(=O)[O-].CCCCC(CC)C(=O)[O-].[Pb]. The molecule has 0 N–H and O–H groups in total. The molecule has 4 radical (unpaired) electrons. The number of unbranched alkanes of at least 4 members (excludes halogenated alkanes) is 4. The number of hydrogen-bond acceptors (Lipinski definition) is 8. The van der Waals surface area contributed by atoms with Gasteiger partial charge in [-0.3, -0.25) is 0 Å². The molecule has 0 rings (SSSR count). The van der Waals surface area contributed by atoms with E-state index in [1.807, 2.05) is 27.7 Å². The minimum Gasteiger partial charge on any atom is -0.550 e. The largest absolute Gasteiger partial charge is 0.550 e. The molecule has 244 valence electrons. The third kappa shape index (κ3) is 34.9. The Hall–Kier alpha value is -1.20. The molecule has 0 aromatic carbocycles. The molecule has 0 saturated carbocycles. The Morgan fingerprint density at radius 2 is 0.537 bits per heavy atom. The first kappa shape index (κ1) is 49.5. The minimum absolute atomic E-state index is 0. The third-order valence-corrected chi connectivity index (χ3v) is 6.93. The van der Waals surface area contributed by atoms with E-state index < -0.39 is 23.9 Å². The first-order valence-electron chi connectivity index (χ1n) is 15.7. The molecule has 0 bridgehead atoms. The molecule has 0 aliphatic heterocycles. The number of aliphatic carboxylic acids is 4. The third-order valence-electron chi connectivity index (χ3n) is 6.93.